The number of imidazole rings is 1. The van der Waals surface area contributed by atoms with Crippen molar-refractivity contribution in [1.29, 1.82) is 0 Å². The summed E-state index contributed by atoms with van der Waals surface area (Å²) in [7, 11) is 0.297. The summed E-state index contributed by atoms with van der Waals surface area (Å²) in [6.45, 7) is 4.11. The van der Waals surface area contributed by atoms with Gasteiger partial charge in [0.05, 0.1) is 52.6 Å². The number of nitrogens with zero attached hydrogens (tertiary/aromatic N) is 5. The zero-order valence-corrected chi connectivity index (χ0v) is 33.7. The molecular weight excluding hydrogens is 781 g/mol. The third kappa shape index (κ3) is 11.1. The molecular formula is C45H46F4N6O3S. The second-order valence-corrected chi connectivity index (χ2v) is 16.0. The molecule has 14 heteroatoms. The first-order valence-corrected chi connectivity index (χ1v) is 20.8. The van der Waals surface area contributed by atoms with Gasteiger partial charge in [0.1, 0.15) is 22.4 Å². The van der Waals surface area contributed by atoms with Gasteiger partial charge in [0.2, 0.25) is 5.95 Å². The van der Waals surface area contributed by atoms with Gasteiger partial charge in [-0.3, -0.25) is 9.19 Å². The van der Waals surface area contributed by atoms with Crippen LogP contribution in [0.15, 0.2) is 114 Å². The SMILES string of the molecule is COc1ccc(CCN2CCC(Nc3nc4ccccc4n3Cc3ccc(F)cc3)CC2)cc1.Cc1c(OCC(F)(F)F)ccnc1CS(=O)C1=Nc2ccccc2C1. The van der Waals surface area contributed by atoms with Crippen molar-refractivity contribution in [3.63, 3.8) is 0 Å². The molecule has 0 amide bonds. The van der Waals surface area contributed by atoms with Gasteiger partial charge in [0.15, 0.2) is 6.61 Å². The fraction of sp³-hybridized carbons (Fsp3) is 0.311. The van der Waals surface area contributed by atoms with E-state index in [9.17, 15) is 21.8 Å². The average Bonchev–Trinajstić information content (AvgIpc) is 3.83. The van der Waals surface area contributed by atoms with E-state index < -0.39 is 23.6 Å². The number of rotatable bonds is 12. The average molecular weight is 827 g/mol. The van der Waals surface area contributed by atoms with Crippen LogP contribution in [0.4, 0.5) is 29.2 Å². The lowest BCUT2D eigenvalue weighted by atomic mass is 10.0. The molecule has 1 atom stereocenters. The quantitative estimate of drug-likeness (QED) is 0.123. The molecule has 2 aromatic heterocycles. The first-order valence-electron chi connectivity index (χ1n) is 19.5. The molecule has 4 heterocycles. The lowest BCUT2D eigenvalue weighted by molar-refractivity contribution is -0.153. The van der Waals surface area contributed by atoms with Crippen molar-refractivity contribution >= 4 is 38.5 Å². The normalized spacial score (nSPS) is 14.9. The molecule has 2 aliphatic rings. The molecule has 59 heavy (non-hydrogen) atoms. The maximum atomic E-state index is 13.4. The molecule has 0 aliphatic carbocycles. The van der Waals surface area contributed by atoms with Crippen LogP contribution in [0.1, 0.15) is 40.8 Å². The van der Waals surface area contributed by atoms with E-state index in [-0.39, 0.29) is 17.3 Å². The molecule has 1 N–H and O–H groups in total. The van der Waals surface area contributed by atoms with E-state index in [4.69, 9.17) is 14.5 Å². The van der Waals surface area contributed by atoms with Crippen molar-refractivity contribution in [3.8, 4) is 11.5 Å². The Balaban J connectivity index is 0.000000188. The van der Waals surface area contributed by atoms with Crippen LogP contribution >= 0.6 is 0 Å². The number of pyridine rings is 1. The van der Waals surface area contributed by atoms with Crippen LogP contribution in [-0.2, 0) is 35.9 Å². The number of methoxy groups -OCH3 is 1. The minimum Gasteiger partial charge on any atom is -0.497 e. The summed E-state index contributed by atoms with van der Waals surface area (Å²) in [5.41, 5.74) is 7.18. The number of para-hydroxylation sites is 3. The van der Waals surface area contributed by atoms with Crippen LogP contribution in [0.5, 0.6) is 11.5 Å². The smallest absolute Gasteiger partial charge is 0.422 e. The Morgan fingerprint density at radius 3 is 2.34 bits per heavy atom. The van der Waals surface area contributed by atoms with Crippen molar-refractivity contribution in [2.75, 3.05) is 38.7 Å². The zero-order valence-electron chi connectivity index (χ0n) is 32.9. The standard InChI is InChI=1S/C28H31FN4O.C17H15F3N2O2S/c1-34-25-12-8-21(9-13-25)14-17-32-18-15-24(16-19-32)30-28-31-26-4-2-3-5-27(26)33(28)20-22-6-10-23(29)11-7-22;1-11-14(21-7-6-15(11)24-10-17(18,19)20)9-25(23)16-8-12-4-2-3-5-13(12)22-16/h2-13,24H,14-20H2,1H3,(H,30,31);2-7H,8-10H2,1H3. The Morgan fingerprint density at radius 1 is 0.898 bits per heavy atom. The highest BCUT2D eigenvalue weighted by Gasteiger charge is 2.29. The van der Waals surface area contributed by atoms with Crippen molar-refractivity contribution < 1.29 is 31.2 Å². The van der Waals surface area contributed by atoms with Gasteiger partial charge in [0, 0.05) is 43.9 Å². The minimum atomic E-state index is -4.41. The van der Waals surface area contributed by atoms with Crippen LogP contribution in [0.3, 0.4) is 0 Å². The third-order valence-electron chi connectivity index (χ3n) is 10.5. The molecule has 1 fully saturated rings. The Bertz CT molecular complexity index is 2390. The van der Waals surface area contributed by atoms with Gasteiger partial charge in [-0.2, -0.15) is 13.2 Å². The van der Waals surface area contributed by atoms with Gasteiger partial charge in [0.25, 0.3) is 0 Å². The maximum Gasteiger partial charge on any atom is 0.422 e. The van der Waals surface area contributed by atoms with Gasteiger partial charge in [-0.05, 0) is 91.4 Å². The highest BCUT2D eigenvalue weighted by molar-refractivity contribution is 8.00. The van der Waals surface area contributed by atoms with Crippen molar-refractivity contribution in [2.45, 2.75) is 57.1 Å². The van der Waals surface area contributed by atoms with E-state index in [1.165, 1.54) is 30.0 Å². The van der Waals surface area contributed by atoms with Crippen molar-refractivity contribution in [1.82, 2.24) is 19.4 Å². The first-order chi connectivity index (χ1) is 28.5. The van der Waals surface area contributed by atoms with E-state index >= 15 is 0 Å². The molecule has 0 radical (unpaired) electrons. The van der Waals surface area contributed by atoms with Crippen LogP contribution in [0, 0.1) is 12.7 Å². The minimum absolute atomic E-state index is 0.0852. The Labute approximate surface area is 343 Å². The predicted molar refractivity (Wildman–Crippen MR) is 225 cm³/mol. The summed E-state index contributed by atoms with van der Waals surface area (Å²) in [5, 5.41) is 4.26. The number of anilines is 1. The monoisotopic (exact) mass is 826 g/mol. The van der Waals surface area contributed by atoms with E-state index in [0.29, 0.717) is 35.3 Å². The summed E-state index contributed by atoms with van der Waals surface area (Å²) in [6.07, 6.45) is 0.673. The number of fused-ring (bicyclic) bond motifs is 2. The van der Waals surface area contributed by atoms with Crippen LogP contribution in [0.25, 0.3) is 11.0 Å². The summed E-state index contributed by atoms with van der Waals surface area (Å²) in [6, 6.07) is 32.6. The van der Waals surface area contributed by atoms with E-state index in [1.54, 1.807) is 14.0 Å². The van der Waals surface area contributed by atoms with E-state index in [1.807, 2.05) is 66.7 Å². The number of aliphatic imine (C=N–C) groups is 1. The molecule has 8 rings (SSSR count). The topological polar surface area (TPSA) is 93.9 Å². The van der Waals surface area contributed by atoms with Gasteiger partial charge in [-0.25, -0.2) is 14.4 Å². The number of piperidine rings is 1. The van der Waals surface area contributed by atoms with Crippen LogP contribution in [-0.4, -0.2) is 74.3 Å². The molecule has 6 aromatic rings. The summed E-state index contributed by atoms with van der Waals surface area (Å²) in [5.74, 6) is 1.76. The summed E-state index contributed by atoms with van der Waals surface area (Å²) < 4.78 is 75.2. The van der Waals surface area contributed by atoms with Crippen molar-refractivity contribution in [2.24, 2.45) is 4.99 Å². The number of ether oxygens (including phenoxy) is 2. The van der Waals surface area contributed by atoms with Crippen LogP contribution < -0.4 is 14.8 Å². The number of benzene rings is 4. The number of aromatic nitrogens is 3. The number of hydrogen-bond donors (Lipinski definition) is 1. The first kappa shape index (κ1) is 41.6. The van der Waals surface area contributed by atoms with E-state index in [2.05, 4.69) is 43.0 Å². The molecule has 0 spiro atoms. The number of likely N-dealkylation sites (tertiary alicyclic amines) is 1. The molecule has 1 unspecified atom stereocenters. The predicted octanol–water partition coefficient (Wildman–Crippen LogP) is 9.22. The van der Waals surface area contributed by atoms with E-state index in [0.717, 1.165) is 78.4 Å². The number of hydrogen-bond acceptors (Lipinski definition) is 8. The number of halogens is 4. The second-order valence-electron chi connectivity index (χ2n) is 14.6. The molecule has 0 bridgehead atoms. The molecule has 9 nitrogen and oxygen atoms in total. The van der Waals surface area contributed by atoms with Gasteiger partial charge in [-0.15, -0.1) is 0 Å². The molecule has 308 valence electrons. The fourth-order valence-corrected chi connectivity index (χ4v) is 8.37. The Kier molecular flexibility index (Phi) is 13.4. The largest absolute Gasteiger partial charge is 0.497 e. The molecule has 4 aromatic carbocycles. The number of alkyl halides is 3. The fourth-order valence-electron chi connectivity index (χ4n) is 7.15. The molecule has 0 saturated carbocycles. The lowest BCUT2D eigenvalue weighted by Gasteiger charge is -2.32. The second kappa shape index (κ2) is 19.0. The summed E-state index contributed by atoms with van der Waals surface area (Å²) in [4.78, 5) is 15.9. The van der Waals surface area contributed by atoms with Gasteiger partial charge < -0.3 is 24.3 Å². The van der Waals surface area contributed by atoms with Gasteiger partial charge in [-0.1, -0.05) is 54.6 Å². The van der Waals surface area contributed by atoms with Crippen LogP contribution in [0.2, 0.25) is 0 Å². The third-order valence-corrected chi connectivity index (χ3v) is 11.8. The highest BCUT2D eigenvalue weighted by Crippen LogP contribution is 2.29. The lowest BCUT2D eigenvalue weighted by Crippen LogP contribution is -2.40. The maximum absolute atomic E-state index is 13.4. The molecule has 1 saturated heterocycles. The Morgan fingerprint density at radius 2 is 1.61 bits per heavy atom. The highest BCUT2D eigenvalue weighted by atomic mass is 32.2. The summed E-state index contributed by atoms with van der Waals surface area (Å²) >= 11 is 0. The molecule has 2 aliphatic heterocycles. The Hall–Kier alpha value is -5.60. The zero-order chi connectivity index (χ0) is 41.4. The number of nitrogens with one attached hydrogen (secondary N) is 1. The van der Waals surface area contributed by atoms with Gasteiger partial charge >= 0.3 is 6.18 Å². The van der Waals surface area contributed by atoms with Crippen molar-refractivity contribution in [3.05, 3.63) is 143 Å².